The Morgan fingerprint density at radius 3 is 1.43 bits per heavy atom. The Morgan fingerprint density at radius 1 is 0.489 bits per heavy atom. The number of unbranched alkanes of at least 4 members (excludes halogenated alkanes) is 15. The maximum atomic E-state index is 15.0. The average Bonchev–Trinajstić information content (AvgIpc) is 3.08. The molecule has 0 radical (unpaired) electrons. The van der Waals surface area contributed by atoms with Crippen molar-refractivity contribution in [3.8, 4) is 0 Å². The number of benzene rings is 2. The standard InChI is InChI=1S/C42H73O3PS/c1-6-11-16-18-20-22-25-30-39-31-29-35-42(41(39)34-28-23-21-19-17-12-7-2)47(43,44)45-46(36-13-8-3,37-14-9-4,38-15-10-5)40-32-26-24-27-33-40/h24,26-27,29,31-33,35H,6-23,25,28,30,34,36-38H2,1-5H3. The zero-order chi connectivity index (χ0) is 34.3. The molecule has 2 aromatic carbocycles. The van der Waals surface area contributed by atoms with Crippen LogP contribution in [0.15, 0.2) is 53.4 Å². The van der Waals surface area contributed by atoms with Crippen LogP contribution in [0.3, 0.4) is 0 Å². The van der Waals surface area contributed by atoms with Crippen LogP contribution in [0.1, 0.15) is 174 Å². The van der Waals surface area contributed by atoms with Gasteiger partial charge in [-0.25, -0.2) is 0 Å². The summed E-state index contributed by atoms with van der Waals surface area (Å²) in [4.78, 5) is 0.457. The monoisotopic (exact) mass is 689 g/mol. The fourth-order valence-electron chi connectivity index (χ4n) is 7.45. The Labute approximate surface area is 292 Å². The first-order valence-corrected chi connectivity index (χ1v) is 24.1. The van der Waals surface area contributed by atoms with E-state index in [1.165, 1.54) is 76.2 Å². The van der Waals surface area contributed by atoms with Gasteiger partial charge in [-0.2, -0.15) is 0 Å². The first-order chi connectivity index (χ1) is 22.8. The van der Waals surface area contributed by atoms with Gasteiger partial charge >= 0.3 is 273 Å². The Hall–Kier alpha value is -1.22. The smallest absolute Gasteiger partial charge is 0.0654 e. The van der Waals surface area contributed by atoms with E-state index >= 15 is 0 Å². The van der Waals surface area contributed by atoms with E-state index in [1.807, 2.05) is 12.1 Å². The molecular formula is C42H73O3PS. The van der Waals surface area contributed by atoms with E-state index < -0.39 is 16.9 Å². The van der Waals surface area contributed by atoms with Crippen LogP contribution in [0.2, 0.25) is 0 Å². The molecule has 0 saturated heterocycles. The van der Waals surface area contributed by atoms with E-state index in [0.717, 1.165) is 100.0 Å². The van der Waals surface area contributed by atoms with E-state index in [0.29, 0.717) is 4.90 Å². The summed E-state index contributed by atoms with van der Waals surface area (Å²) in [6.07, 6.45) is 27.7. The van der Waals surface area contributed by atoms with Gasteiger partial charge in [-0.1, -0.05) is 20.3 Å². The number of hydrogen-bond donors (Lipinski definition) is 0. The molecule has 0 atom stereocenters. The molecule has 0 spiro atoms. The second kappa shape index (κ2) is 23.2. The van der Waals surface area contributed by atoms with Gasteiger partial charge in [0.05, 0.1) is 0 Å². The van der Waals surface area contributed by atoms with Crippen molar-refractivity contribution in [3.63, 3.8) is 0 Å². The Balaban J connectivity index is 2.55. The predicted molar refractivity (Wildman–Crippen MR) is 210 cm³/mol. The molecule has 0 aliphatic rings. The van der Waals surface area contributed by atoms with Gasteiger partial charge in [-0.15, -0.1) is 0 Å². The van der Waals surface area contributed by atoms with Crippen LogP contribution >= 0.6 is 6.83 Å². The van der Waals surface area contributed by atoms with Crippen LogP contribution in [0.25, 0.3) is 0 Å². The van der Waals surface area contributed by atoms with Crippen molar-refractivity contribution in [1.29, 1.82) is 0 Å². The quantitative estimate of drug-likeness (QED) is 0.0631. The first-order valence-electron chi connectivity index (χ1n) is 20.0. The summed E-state index contributed by atoms with van der Waals surface area (Å²) in [6.45, 7) is 7.84. The third kappa shape index (κ3) is 13.5. The van der Waals surface area contributed by atoms with Crippen LogP contribution in [-0.2, 0) is 26.9 Å². The first kappa shape index (κ1) is 41.9. The zero-order valence-electron chi connectivity index (χ0n) is 31.4. The normalized spacial score (nSPS) is 13.1. The predicted octanol–water partition coefficient (Wildman–Crippen LogP) is 13.2. The molecule has 0 unspecified atom stereocenters. The van der Waals surface area contributed by atoms with Crippen molar-refractivity contribution in [3.05, 3.63) is 59.7 Å². The molecule has 0 aliphatic heterocycles. The van der Waals surface area contributed by atoms with Gasteiger partial charge < -0.3 is 0 Å². The van der Waals surface area contributed by atoms with Crippen LogP contribution in [0.4, 0.5) is 0 Å². The van der Waals surface area contributed by atoms with Crippen molar-refractivity contribution in [1.82, 2.24) is 0 Å². The topological polar surface area (TPSA) is 43.4 Å². The molecule has 0 amide bonds. The molecule has 0 aromatic heterocycles. The Bertz CT molecular complexity index is 1170. The summed E-state index contributed by atoms with van der Waals surface area (Å²) in [7, 11) is -4.01. The molecule has 0 heterocycles. The molecule has 0 bridgehead atoms. The summed E-state index contributed by atoms with van der Waals surface area (Å²) >= 11 is 0. The second-order valence-corrected chi connectivity index (χ2v) is 21.4. The van der Waals surface area contributed by atoms with Gasteiger partial charge in [0.25, 0.3) is 0 Å². The van der Waals surface area contributed by atoms with Crippen LogP contribution in [-0.4, -0.2) is 26.9 Å². The summed E-state index contributed by atoms with van der Waals surface area (Å²) in [6, 6.07) is 16.7. The molecular weight excluding hydrogens is 616 g/mol. The van der Waals surface area contributed by atoms with Gasteiger partial charge in [-0.05, 0) is 0 Å². The molecule has 2 rings (SSSR count). The minimum atomic E-state index is -4.01. The Kier molecular flexibility index (Phi) is 20.7. The molecule has 0 aliphatic carbocycles. The van der Waals surface area contributed by atoms with Crippen molar-refractivity contribution < 1.29 is 12.4 Å². The van der Waals surface area contributed by atoms with Crippen LogP contribution in [0, 0.1) is 0 Å². The summed E-state index contributed by atoms with van der Waals surface area (Å²) in [5.74, 6) is 0. The molecule has 47 heavy (non-hydrogen) atoms. The summed E-state index contributed by atoms with van der Waals surface area (Å²) in [5.41, 5.74) is 2.27. The minimum absolute atomic E-state index is 0.457. The van der Waals surface area contributed by atoms with E-state index in [1.54, 1.807) is 0 Å². The van der Waals surface area contributed by atoms with Crippen molar-refractivity contribution in [2.45, 2.75) is 181 Å². The fourth-order valence-corrected chi connectivity index (χ4v) is 17.4. The van der Waals surface area contributed by atoms with Crippen molar-refractivity contribution in [2.75, 3.05) is 18.5 Å². The fraction of sp³-hybridized carbons (Fsp3) is 0.714. The minimum Gasteiger partial charge on any atom is -0.0654 e. The van der Waals surface area contributed by atoms with Crippen molar-refractivity contribution >= 4 is 22.3 Å². The molecule has 270 valence electrons. The van der Waals surface area contributed by atoms with E-state index in [4.69, 9.17) is 3.97 Å². The SMILES string of the molecule is CCCCCCCCCc1cccc(S(=O)(=O)OP(CCCC)(CCCC)(CCCC)c2ccccc2)c1CCCCCCCCC. The second-order valence-electron chi connectivity index (χ2n) is 14.4. The molecule has 0 saturated carbocycles. The molecule has 2 aromatic rings. The van der Waals surface area contributed by atoms with Crippen LogP contribution < -0.4 is 5.30 Å². The zero-order valence-corrected chi connectivity index (χ0v) is 33.1. The van der Waals surface area contributed by atoms with Crippen LogP contribution in [0.5, 0.6) is 0 Å². The van der Waals surface area contributed by atoms with Gasteiger partial charge in [-0.3, -0.25) is 0 Å². The third-order valence-electron chi connectivity index (χ3n) is 10.4. The van der Waals surface area contributed by atoms with E-state index in [9.17, 15) is 8.42 Å². The third-order valence-corrected chi connectivity index (χ3v) is 19.3. The van der Waals surface area contributed by atoms with E-state index in [2.05, 4.69) is 71.0 Å². The number of aryl methyl sites for hydroxylation is 1. The Morgan fingerprint density at radius 2 is 0.936 bits per heavy atom. The molecule has 0 N–H and O–H groups in total. The summed E-state index contributed by atoms with van der Waals surface area (Å²) in [5, 5.41) is 1.16. The van der Waals surface area contributed by atoms with Gasteiger partial charge in [0.1, 0.15) is 0 Å². The van der Waals surface area contributed by atoms with E-state index in [-0.39, 0.29) is 0 Å². The maximum absolute atomic E-state index is 15.0. The molecule has 5 heteroatoms. The van der Waals surface area contributed by atoms with Gasteiger partial charge in [0, 0.05) is 0 Å². The van der Waals surface area contributed by atoms with Gasteiger partial charge in [0.2, 0.25) is 0 Å². The van der Waals surface area contributed by atoms with Crippen molar-refractivity contribution in [2.24, 2.45) is 0 Å². The molecule has 0 fully saturated rings. The average molecular weight is 689 g/mol. The summed E-state index contributed by atoms with van der Waals surface area (Å²) < 4.78 is 37.1. The number of hydrogen-bond acceptors (Lipinski definition) is 3. The number of rotatable bonds is 29. The van der Waals surface area contributed by atoms with Gasteiger partial charge in [0.15, 0.2) is 0 Å². The molecule has 3 nitrogen and oxygen atoms in total.